The van der Waals surface area contributed by atoms with Crippen LogP contribution >= 0.6 is 27.3 Å². The topological polar surface area (TPSA) is 85.6 Å². The number of fused-ring (bicyclic) bond motifs is 1. The number of ether oxygens (including phenoxy) is 1. The number of hydrogen-bond acceptors (Lipinski definition) is 6. The van der Waals surface area contributed by atoms with E-state index in [9.17, 15) is 14.0 Å². The van der Waals surface area contributed by atoms with Crippen molar-refractivity contribution >= 4 is 49.9 Å². The molecule has 4 aromatic rings. The Labute approximate surface area is 188 Å². The summed E-state index contributed by atoms with van der Waals surface area (Å²) in [5, 5.41) is 6.84. The molecule has 0 aliphatic heterocycles. The summed E-state index contributed by atoms with van der Waals surface area (Å²) in [6.07, 6.45) is 2.34. The molecular formula is C21H16BrFN4O3S. The molecular weight excluding hydrogens is 487 g/mol. The Hall–Kier alpha value is -3.11. The number of benzene rings is 2. The zero-order valence-electron chi connectivity index (χ0n) is 16.3. The van der Waals surface area contributed by atoms with Crippen LogP contribution in [0.5, 0.6) is 5.75 Å². The zero-order chi connectivity index (χ0) is 22.0. The van der Waals surface area contributed by atoms with Crippen LogP contribution in [0, 0.1) is 5.82 Å². The number of halogens is 2. The standard InChI is InChI=1S/C21H16BrFN4O3S/c1-2-18-25-21-27(26-18)20(29)17(31-21)10-12-9-13(22)3-8-16(12)30-11-19(28)24-15-6-4-14(23)5-7-15/h3-10H,2,11H2,1H3,(H,24,28)/b17-10-. The third-order valence-electron chi connectivity index (χ3n) is 4.29. The highest BCUT2D eigenvalue weighted by Gasteiger charge is 2.11. The van der Waals surface area contributed by atoms with Crippen molar-refractivity contribution in [3.8, 4) is 5.75 Å². The molecule has 4 rings (SSSR count). The van der Waals surface area contributed by atoms with Gasteiger partial charge in [0.05, 0.1) is 4.53 Å². The lowest BCUT2D eigenvalue weighted by Gasteiger charge is -2.10. The summed E-state index contributed by atoms with van der Waals surface area (Å²) in [5.41, 5.74) is 0.836. The Morgan fingerprint density at radius 1 is 1.29 bits per heavy atom. The molecule has 0 spiro atoms. The Kier molecular flexibility index (Phi) is 6.10. The van der Waals surface area contributed by atoms with E-state index in [1.54, 1.807) is 24.3 Å². The first-order valence-electron chi connectivity index (χ1n) is 9.31. The van der Waals surface area contributed by atoms with Crippen molar-refractivity contribution in [2.45, 2.75) is 13.3 Å². The van der Waals surface area contributed by atoms with Crippen molar-refractivity contribution in [1.29, 1.82) is 0 Å². The number of carbonyl (C=O) groups excluding carboxylic acids is 1. The second-order valence-electron chi connectivity index (χ2n) is 6.52. The van der Waals surface area contributed by atoms with Crippen molar-refractivity contribution in [3.05, 3.63) is 79.0 Å². The van der Waals surface area contributed by atoms with Crippen LogP contribution in [-0.2, 0) is 11.2 Å². The number of aromatic nitrogens is 3. The molecule has 0 unspecified atom stereocenters. The van der Waals surface area contributed by atoms with Crippen molar-refractivity contribution in [2.75, 3.05) is 11.9 Å². The number of hydrogen-bond donors (Lipinski definition) is 1. The lowest BCUT2D eigenvalue weighted by Crippen LogP contribution is -2.24. The number of nitrogens with one attached hydrogen (secondary N) is 1. The smallest absolute Gasteiger partial charge is 0.291 e. The first-order valence-corrected chi connectivity index (χ1v) is 10.9. The monoisotopic (exact) mass is 502 g/mol. The van der Waals surface area contributed by atoms with E-state index in [4.69, 9.17) is 4.74 Å². The molecule has 158 valence electrons. The second-order valence-corrected chi connectivity index (χ2v) is 8.44. The highest BCUT2D eigenvalue weighted by molar-refractivity contribution is 9.10. The molecule has 0 aliphatic rings. The summed E-state index contributed by atoms with van der Waals surface area (Å²) in [5.74, 6) is 0.277. The van der Waals surface area contributed by atoms with Crippen molar-refractivity contribution in [1.82, 2.24) is 14.6 Å². The molecule has 31 heavy (non-hydrogen) atoms. The number of nitrogens with zero attached hydrogens (tertiary/aromatic N) is 3. The van der Waals surface area contributed by atoms with Gasteiger partial charge < -0.3 is 10.1 Å². The van der Waals surface area contributed by atoms with E-state index in [0.717, 1.165) is 4.47 Å². The molecule has 0 aliphatic carbocycles. The molecule has 2 aromatic heterocycles. The fourth-order valence-electron chi connectivity index (χ4n) is 2.80. The van der Waals surface area contributed by atoms with Gasteiger partial charge in [0.25, 0.3) is 11.5 Å². The zero-order valence-corrected chi connectivity index (χ0v) is 18.7. The van der Waals surface area contributed by atoms with E-state index in [0.29, 0.717) is 38.7 Å². The van der Waals surface area contributed by atoms with Crippen LogP contribution in [0.1, 0.15) is 18.3 Å². The molecule has 10 heteroatoms. The Morgan fingerprint density at radius 3 is 2.77 bits per heavy atom. The molecule has 0 fully saturated rings. The number of aryl methyl sites for hydroxylation is 1. The van der Waals surface area contributed by atoms with E-state index in [-0.39, 0.29) is 18.0 Å². The number of rotatable bonds is 6. The number of carbonyl (C=O) groups is 1. The minimum Gasteiger partial charge on any atom is -0.483 e. The summed E-state index contributed by atoms with van der Waals surface area (Å²) < 4.78 is 21.2. The van der Waals surface area contributed by atoms with E-state index in [2.05, 4.69) is 31.3 Å². The molecule has 1 amide bonds. The SMILES string of the molecule is CCc1nc2s/c(=C\c3cc(Br)ccc3OCC(=O)Nc3ccc(F)cc3)c(=O)n2n1. The van der Waals surface area contributed by atoms with Gasteiger partial charge in [0.2, 0.25) is 4.96 Å². The first kappa shape index (κ1) is 21.1. The summed E-state index contributed by atoms with van der Waals surface area (Å²) >= 11 is 4.65. The number of anilines is 1. The summed E-state index contributed by atoms with van der Waals surface area (Å²) in [6, 6.07) is 10.7. The lowest BCUT2D eigenvalue weighted by molar-refractivity contribution is -0.118. The summed E-state index contributed by atoms with van der Waals surface area (Å²) in [7, 11) is 0. The van der Waals surface area contributed by atoms with Crippen LogP contribution in [-0.4, -0.2) is 27.1 Å². The fourth-order valence-corrected chi connectivity index (χ4v) is 4.10. The van der Waals surface area contributed by atoms with Gasteiger partial charge in [-0.05, 0) is 48.5 Å². The van der Waals surface area contributed by atoms with Crippen LogP contribution in [0.25, 0.3) is 11.0 Å². The maximum Gasteiger partial charge on any atom is 0.291 e. The van der Waals surface area contributed by atoms with Gasteiger partial charge in [-0.15, -0.1) is 5.10 Å². The molecule has 0 bridgehead atoms. The van der Waals surface area contributed by atoms with Crippen LogP contribution in [0.2, 0.25) is 0 Å². The van der Waals surface area contributed by atoms with Gasteiger partial charge in [0, 0.05) is 22.1 Å². The minimum absolute atomic E-state index is 0.251. The van der Waals surface area contributed by atoms with E-state index < -0.39 is 5.91 Å². The highest BCUT2D eigenvalue weighted by atomic mass is 79.9. The van der Waals surface area contributed by atoms with Gasteiger partial charge in [-0.2, -0.15) is 4.52 Å². The van der Waals surface area contributed by atoms with Crippen molar-refractivity contribution in [2.24, 2.45) is 0 Å². The molecule has 0 saturated carbocycles. The number of amides is 1. The largest absolute Gasteiger partial charge is 0.483 e. The lowest BCUT2D eigenvalue weighted by atomic mass is 10.2. The Balaban J connectivity index is 1.56. The average Bonchev–Trinajstić information content (AvgIpc) is 3.28. The minimum atomic E-state index is -0.393. The van der Waals surface area contributed by atoms with Crippen molar-refractivity contribution in [3.63, 3.8) is 0 Å². The fraction of sp³-hybridized carbons (Fsp3) is 0.143. The number of thiazole rings is 1. The van der Waals surface area contributed by atoms with Gasteiger partial charge >= 0.3 is 0 Å². The molecule has 2 aromatic carbocycles. The second kappa shape index (κ2) is 8.94. The third kappa shape index (κ3) is 4.80. The third-order valence-corrected chi connectivity index (χ3v) is 5.74. The predicted octanol–water partition coefficient (Wildman–Crippen LogP) is 3.18. The molecule has 0 saturated heterocycles. The predicted molar refractivity (Wildman–Crippen MR) is 120 cm³/mol. The van der Waals surface area contributed by atoms with Gasteiger partial charge in [-0.25, -0.2) is 9.37 Å². The molecule has 7 nitrogen and oxygen atoms in total. The van der Waals surface area contributed by atoms with Crippen LogP contribution < -0.4 is 20.1 Å². The van der Waals surface area contributed by atoms with Gasteiger partial charge in [0.1, 0.15) is 11.6 Å². The van der Waals surface area contributed by atoms with E-state index in [1.165, 1.54) is 40.1 Å². The van der Waals surface area contributed by atoms with Crippen LogP contribution in [0.4, 0.5) is 10.1 Å². The highest BCUT2D eigenvalue weighted by Crippen LogP contribution is 2.24. The van der Waals surface area contributed by atoms with Gasteiger partial charge in [-0.1, -0.05) is 34.2 Å². The normalized spacial score (nSPS) is 11.8. The Morgan fingerprint density at radius 2 is 2.06 bits per heavy atom. The first-order chi connectivity index (χ1) is 14.9. The molecule has 0 atom stereocenters. The summed E-state index contributed by atoms with van der Waals surface area (Å²) in [6.45, 7) is 1.67. The average molecular weight is 503 g/mol. The Bertz CT molecular complexity index is 1370. The maximum absolute atomic E-state index is 13.0. The maximum atomic E-state index is 13.0. The quantitative estimate of drug-likeness (QED) is 0.437. The van der Waals surface area contributed by atoms with Crippen LogP contribution in [0.3, 0.4) is 0 Å². The van der Waals surface area contributed by atoms with E-state index in [1.807, 2.05) is 6.92 Å². The van der Waals surface area contributed by atoms with Gasteiger partial charge in [-0.3, -0.25) is 9.59 Å². The van der Waals surface area contributed by atoms with E-state index >= 15 is 0 Å². The van der Waals surface area contributed by atoms with Crippen molar-refractivity contribution < 1.29 is 13.9 Å². The molecule has 0 radical (unpaired) electrons. The summed E-state index contributed by atoms with van der Waals surface area (Å²) in [4.78, 5) is 29.7. The van der Waals surface area contributed by atoms with Gasteiger partial charge in [0.15, 0.2) is 12.4 Å². The molecule has 2 heterocycles. The molecule has 1 N–H and O–H groups in total. The van der Waals surface area contributed by atoms with Crippen LogP contribution in [0.15, 0.2) is 51.7 Å².